The highest BCUT2D eigenvalue weighted by Gasteiger charge is 2.34. The number of benzene rings is 1. The average molecular weight is 359 g/mol. The maximum Gasteiger partial charge on any atom is 0.267 e. The first kappa shape index (κ1) is 18.0. The Labute approximate surface area is 149 Å². The van der Waals surface area contributed by atoms with Crippen molar-refractivity contribution >= 4 is 10.0 Å². The van der Waals surface area contributed by atoms with Gasteiger partial charge in [-0.3, -0.25) is 0 Å². The van der Waals surface area contributed by atoms with Gasteiger partial charge in [-0.15, -0.1) is 0 Å². The van der Waals surface area contributed by atoms with Gasteiger partial charge in [0.05, 0.1) is 10.5 Å². The van der Waals surface area contributed by atoms with Crippen LogP contribution >= 0.6 is 0 Å². The lowest BCUT2D eigenvalue weighted by Gasteiger charge is -2.29. The zero-order chi connectivity index (χ0) is 18.1. The zero-order valence-electron chi connectivity index (χ0n) is 14.6. The number of nitrogens with zero attached hydrogens (tertiary/aromatic N) is 1. The molecule has 5 heteroatoms. The van der Waals surface area contributed by atoms with Gasteiger partial charge in [0.15, 0.2) is 0 Å². The monoisotopic (exact) mass is 359 g/mol. The molecule has 25 heavy (non-hydrogen) atoms. The molecule has 1 aromatic carbocycles. The Morgan fingerprint density at radius 3 is 2.60 bits per heavy atom. The first-order valence-electron chi connectivity index (χ1n) is 8.76. The van der Waals surface area contributed by atoms with E-state index in [0.717, 1.165) is 19.3 Å². The number of hydrogen-bond acceptors (Lipinski definition) is 3. The molecule has 134 valence electrons. The Balaban J connectivity index is 1.90. The van der Waals surface area contributed by atoms with E-state index < -0.39 is 15.6 Å². The topological polar surface area (TPSA) is 59.3 Å². The summed E-state index contributed by atoms with van der Waals surface area (Å²) in [5, 5.41) is 11.2. The molecule has 0 bridgehead atoms. The third-order valence-corrected chi connectivity index (χ3v) is 6.97. The minimum Gasteiger partial charge on any atom is -0.385 e. The van der Waals surface area contributed by atoms with Crippen molar-refractivity contribution in [1.29, 1.82) is 0 Å². The van der Waals surface area contributed by atoms with Crippen LogP contribution in [0.15, 0.2) is 65.8 Å². The molecule has 0 aliphatic heterocycles. The second kappa shape index (κ2) is 6.81. The second-order valence-corrected chi connectivity index (χ2v) is 8.73. The maximum absolute atomic E-state index is 12.7. The van der Waals surface area contributed by atoms with Crippen LogP contribution in [0.3, 0.4) is 0 Å². The van der Waals surface area contributed by atoms with Crippen LogP contribution in [0.1, 0.15) is 44.6 Å². The SMILES string of the molecule is C=C1CCCC1CC(O)(CC)c1ccn(S(=O)(=O)c2ccccc2)c1. The van der Waals surface area contributed by atoms with Crippen molar-refractivity contribution in [2.45, 2.75) is 49.5 Å². The third kappa shape index (κ3) is 3.44. The van der Waals surface area contributed by atoms with Crippen LogP contribution in [-0.2, 0) is 15.6 Å². The van der Waals surface area contributed by atoms with Crippen LogP contribution in [0.5, 0.6) is 0 Å². The normalized spacial score (nSPS) is 20.6. The van der Waals surface area contributed by atoms with E-state index in [0.29, 0.717) is 24.3 Å². The molecule has 2 atom stereocenters. The molecule has 1 saturated carbocycles. The van der Waals surface area contributed by atoms with E-state index >= 15 is 0 Å². The van der Waals surface area contributed by atoms with Gasteiger partial charge in [-0.25, -0.2) is 12.4 Å². The Bertz CT molecular complexity index is 854. The molecule has 0 radical (unpaired) electrons. The molecule has 2 aromatic rings. The van der Waals surface area contributed by atoms with Gasteiger partial charge in [0.25, 0.3) is 10.0 Å². The highest BCUT2D eigenvalue weighted by Crippen LogP contribution is 2.41. The van der Waals surface area contributed by atoms with Gasteiger partial charge >= 0.3 is 0 Å². The zero-order valence-corrected chi connectivity index (χ0v) is 15.4. The minimum absolute atomic E-state index is 0.237. The van der Waals surface area contributed by atoms with E-state index in [1.165, 1.54) is 15.7 Å². The van der Waals surface area contributed by atoms with Crippen molar-refractivity contribution in [3.63, 3.8) is 0 Å². The summed E-state index contributed by atoms with van der Waals surface area (Å²) in [4.78, 5) is 0.237. The van der Waals surface area contributed by atoms with Gasteiger partial charge < -0.3 is 5.11 Å². The standard InChI is InChI=1S/C20H25NO3S/c1-3-20(22,14-17-9-7-8-16(17)2)18-12-13-21(15-18)25(23,24)19-10-5-4-6-11-19/h4-6,10-13,15,17,22H,2-3,7-9,14H2,1H3. The van der Waals surface area contributed by atoms with E-state index in [-0.39, 0.29) is 4.90 Å². The molecule has 0 amide bonds. The lowest BCUT2D eigenvalue weighted by Crippen LogP contribution is -2.27. The first-order chi connectivity index (χ1) is 11.9. The van der Waals surface area contributed by atoms with Crippen LogP contribution in [0.2, 0.25) is 0 Å². The molecule has 1 heterocycles. The van der Waals surface area contributed by atoms with Gasteiger partial charge in [0.2, 0.25) is 0 Å². The summed E-state index contributed by atoms with van der Waals surface area (Å²) in [7, 11) is -3.64. The second-order valence-electron chi connectivity index (χ2n) is 6.88. The van der Waals surface area contributed by atoms with Gasteiger partial charge in [-0.2, -0.15) is 0 Å². The molecule has 4 nitrogen and oxygen atoms in total. The minimum atomic E-state index is -3.64. The van der Waals surface area contributed by atoms with Crippen molar-refractivity contribution in [3.05, 3.63) is 66.5 Å². The molecule has 0 saturated heterocycles. The highest BCUT2D eigenvalue weighted by atomic mass is 32.2. The Morgan fingerprint density at radius 1 is 1.28 bits per heavy atom. The molecule has 1 fully saturated rings. The molecule has 1 aromatic heterocycles. The molecule has 1 aliphatic carbocycles. The maximum atomic E-state index is 12.7. The van der Waals surface area contributed by atoms with E-state index in [1.807, 2.05) is 6.92 Å². The summed E-state index contributed by atoms with van der Waals surface area (Å²) < 4.78 is 26.6. The molecular weight excluding hydrogens is 334 g/mol. The first-order valence-corrected chi connectivity index (χ1v) is 10.2. The predicted octanol–water partition coefficient (Wildman–Crippen LogP) is 4.07. The molecule has 1 N–H and O–H groups in total. The van der Waals surface area contributed by atoms with E-state index in [1.54, 1.807) is 42.6 Å². The fourth-order valence-electron chi connectivity index (χ4n) is 3.62. The van der Waals surface area contributed by atoms with Gasteiger partial charge in [0.1, 0.15) is 0 Å². The summed E-state index contributed by atoms with van der Waals surface area (Å²) in [6.07, 6.45) is 7.37. The third-order valence-electron chi connectivity index (χ3n) is 5.32. The predicted molar refractivity (Wildman–Crippen MR) is 98.7 cm³/mol. The summed E-state index contributed by atoms with van der Waals surface area (Å²) in [6, 6.07) is 10.0. The van der Waals surface area contributed by atoms with Crippen LogP contribution in [0.25, 0.3) is 0 Å². The van der Waals surface area contributed by atoms with Crippen LogP contribution in [0, 0.1) is 5.92 Å². The van der Waals surface area contributed by atoms with E-state index in [4.69, 9.17) is 0 Å². The number of aliphatic hydroxyl groups is 1. The van der Waals surface area contributed by atoms with Crippen LogP contribution in [-0.4, -0.2) is 17.5 Å². The quantitative estimate of drug-likeness (QED) is 0.791. The molecular formula is C20H25NO3S. The number of hydrogen-bond donors (Lipinski definition) is 1. The lowest BCUT2D eigenvalue weighted by atomic mass is 9.82. The fraction of sp³-hybridized carbons (Fsp3) is 0.400. The summed E-state index contributed by atoms with van der Waals surface area (Å²) in [6.45, 7) is 6.05. The van der Waals surface area contributed by atoms with Crippen LogP contribution in [0.4, 0.5) is 0 Å². The Morgan fingerprint density at radius 2 is 2.00 bits per heavy atom. The van der Waals surface area contributed by atoms with Gasteiger partial charge in [-0.05, 0) is 56.2 Å². The van der Waals surface area contributed by atoms with Crippen molar-refractivity contribution in [3.8, 4) is 0 Å². The average Bonchev–Trinajstić information content (AvgIpc) is 3.26. The molecule has 1 aliphatic rings. The van der Waals surface area contributed by atoms with Crippen molar-refractivity contribution < 1.29 is 13.5 Å². The van der Waals surface area contributed by atoms with Crippen molar-refractivity contribution in [1.82, 2.24) is 3.97 Å². The highest BCUT2D eigenvalue weighted by molar-refractivity contribution is 7.90. The van der Waals surface area contributed by atoms with Crippen molar-refractivity contribution in [2.75, 3.05) is 0 Å². The van der Waals surface area contributed by atoms with E-state index in [2.05, 4.69) is 6.58 Å². The number of rotatable bonds is 6. The van der Waals surface area contributed by atoms with Crippen LogP contribution < -0.4 is 0 Å². The van der Waals surface area contributed by atoms with Crippen molar-refractivity contribution in [2.24, 2.45) is 5.92 Å². The smallest absolute Gasteiger partial charge is 0.267 e. The lowest BCUT2D eigenvalue weighted by molar-refractivity contribution is 0.0120. The number of aromatic nitrogens is 1. The van der Waals surface area contributed by atoms with E-state index in [9.17, 15) is 13.5 Å². The molecule has 0 spiro atoms. The molecule has 2 unspecified atom stereocenters. The summed E-state index contributed by atoms with van der Waals surface area (Å²) >= 11 is 0. The number of allylic oxidation sites excluding steroid dienone is 1. The summed E-state index contributed by atoms with van der Waals surface area (Å²) in [5.41, 5.74) is 0.812. The Kier molecular flexibility index (Phi) is 4.89. The fourth-order valence-corrected chi connectivity index (χ4v) is 4.84. The Hall–Kier alpha value is -1.85. The molecule has 3 rings (SSSR count). The van der Waals surface area contributed by atoms with Gasteiger partial charge in [0, 0.05) is 18.0 Å². The summed E-state index contributed by atoms with van der Waals surface area (Å²) in [5.74, 6) is 0.305. The largest absolute Gasteiger partial charge is 0.385 e. The van der Waals surface area contributed by atoms with Gasteiger partial charge in [-0.1, -0.05) is 37.3 Å².